The second-order valence-electron chi connectivity index (χ2n) is 8.84. The molecular weight excluding hydrogens is 414 g/mol. The molecule has 2 heterocycles. The second kappa shape index (κ2) is 9.36. The predicted molar refractivity (Wildman–Crippen MR) is 128 cm³/mol. The normalized spacial score (nSPS) is 18.6. The van der Waals surface area contributed by atoms with Crippen molar-refractivity contribution >= 4 is 0 Å². The van der Waals surface area contributed by atoms with Crippen LogP contribution in [0.3, 0.4) is 0 Å². The number of aryl methyl sites for hydroxylation is 1. The minimum atomic E-state index is 0.190. The van der Waals surface area contributed by atoms with Crippen LogP contribution in [0.5, 0.6) is 23.0 Å². The lowest BCUT2D eigenvalue weighted by molar-refractivity contribution is 0.174. The fourth-order valence-electron chi connectivity index (χ4n) is 4.78. The van der Waals surface area contributed by atoms with Gasteiger partial charge < -0.3 is 24.3 Å². The number of ether oxygens (including phenoxy) is 4. The highest BCUT2D eigenvalue weighted by Crippen LogP contribution is 2.40. The van der Waals surface area contributed by atoms with Crippen LogP contribution < -0.4 is 24.3 Å². The Hall–Kier alpha value is -3.18. The Morgan fingerprint density at radius 2 is 1.79 bits per heavy atom. The van der Waals surface area contributed by atoms with Crippen molar-refractivity contribution in [3.05, 3.63) is 82.4 Å². The zero-order chi connectivity index (χ0) is 22.8. The highest BCUT2D eigenvalue weighted by Gasteiger charge is 2.28. The molecule has 1 N–H and O–H groups in total. The molecule has 0 spiro atoms. The third-order valence-electron chi connectivity index (χ3n) is 6.69. The van der Waals surface area contributed by atoms with Gasteiger partial charge >= 0.3 is 0 Å². The standard InChI is InChI=1S/C28H31NO4/c1-4-22-11-21-14-27(31-16-19-8-6-5-7-9-19)25(30-3)15-23(21)24(29-22)12-20-13-28-26(10-18(20)2)32-17-33-28/h5-10,13-15,22,24,29H,4,11-12,16-17H2,1-3H3. The van der Waals surface area contributed by atoms with Crippen molar-refractivity contribution in [3.8, 4) is 23.0 Å². The molecule has 0 saturated carbocycles. The van der Waals surface area contributed by atoms with E-state index in [9.17, 15) is 0 Å². The van der Waals surface area contributed by atoms with Gasteiger partial charge in [0.2, 0.25) is 6.79 Å². The molecule has 172 valence electrons. The van der Waals surface area contributed by atoms with Gasteiger partial charge in [-0.1, -0.05) is 37.3 Å². The number of benzene rings is 3. The molecule has 0 bridgehead atoms. The van der Waals surface area contributed by atoms with E-state index in [1.807, 2.05) is 18.2 Å². The van der Waals surface area contributed by atoms with Crippen LogP contribution in [0.25, 0.3) is 0 Å². The minimum Gasteiger partial charge on any atom is -0.493 e. The minimum absolute atomic E-state index is 0.190. The van der Waals surface area contributed by atoms with E-state index in [-0.39, 0.29) is 6.04 Å². The quantitative estimate of drug-likeness (QED) is 0.519. The molecular formula is C28H31NO4. The van der Waals surface area contributed by atoms with E-state index >= 15 is 0 Å². The van der Waals surface area contributed by atoms with Crippen molar-refractivity contribution in [2.45, 2.75) is 51.8 Å². The summed E-state index contributed by atoms with van der Waals surface area (Å²) in [5.41, 5.74) is 6.23. The Morgan fingerprint density at radius 1 is 1.00 bits per heavy atom. The van der Waals surface area contributed by atoms with E-state index in [1.54, 1.807) is 7.11 Å². The maximum Gasteiger partial charge on any atom is 0.231 e. The molecule has 0 radical (unpaired) electrons. The van der Waals surface area contributed by atoms with Gasteiger partial charge in [-0.15, -0.1) is 0 Å². The molecule has 2 unspecified atom stereocenters. The molecule has 33 heavy (non-hydrogen) atoms. The van der Waals surface area contributed by atoms with Crippen molar-refractivity contribution in [2.75, 3.05) is 13.9 Å². The average Bonchev–Trinajstić information content (AvgIpc) is 3.29. The zero-order valence-corrected chi connectivity index (χ0v) is 19.5. The molecule has 0 aromatic heterocycles. The first-order valence-electron chi connectivity index (χ1n) is 11.7. The summed E-state index contributed by atoms with van der Waals surface area (Å²) in [6.45, 7) is 5.19. The smallest absolute Gasteiger partial charge is 0.231 e. The van der Waals surface area contributed by atoms with E-state index < -0.39 is 0 Å². The van der Waals surface area contributed by atoms with Crippen LogP contribution in [0.15, 0.2) is 54.6 Å². The molecule has 2 aliphatic rings. The van der Waals surface area contributed by atoms with Gasteiger partial charge in [0.25, 0.3) is 0 Å². The maximum absolute atomic E-state index is 6.20. The Labute approximate surface area is 195 Å². The van der Waals surface area contributed by atoms with Crippen molar-refractivity contribution in [2.24, 2.45) is 0 Å². The van der Waals surface area contributed by atoms with Gasteiger partial charge in [-0.05, 0) is 78.3 Å². The Kier molecular flexibility index (Phi) is 6.14. The highest BCUT2D eigenvalue weighted by molar-refractivity contribution is 5.52. The summed E-state index contributed by atoms with van der Waals surface area (Å²) in [4.78, 5) is 0. The van der Waals surface area contributed by atoms with Gasteiger partial charge in [-0.3, -0.25) is 0 Å². The van der Waals surface area contributed by atoms with Gasteiger partial charge in [0.1, 0.15) is 6.61 Å². The maximum atomic E-state index is 6.20. The summed E-state index contributed by atoms with van der Waals surface area (Å²) < 4.78 is 23.1. The molecule has 5 heteroatoms. The van der Waals surface area contributed by atoms with E-state index in [2.05, 4.69) is 55.6 Å². The molecule has 3 aromatic carbocycles. The predicted octanol–water partition coefficient (Wildman–Crippen LogP) is 5.52. The molecule has 2 atom stereocenters. The van der Waals surface area contributed by atoms with Crippen LogP contribution in [0.2, 0.25) is 0 Å². The lowest BCUT2D eigenvalue weighted by atomic mass is 9.85. The number of methoxy groups -OCH3 is 1. The summed E-state index contributed by atoms with van der Waals surface area (Å²) in [5.74, 6) is 3.24. The topological polar surface area (TPSA) is 49.0 Å². The first-order valence-corrected chi connectivity index (χ1v) is 11.7. The molecule has 0 fully saturated rings. The Balaban J connectivity index is 1.44. The molecule has 0 aliphatic carbocycles. The molecule has 5 nitrogen and oxygen atoms in total. The van der Waals surface area contributed by atoms with E-state index in [4.69, 9.17) is 18.9 Å². The summed E-state index contributed by atoms with van der Waals surface area (Å²) in [5, 5.41) is 3.86. The number of fused-ring (bicyclic) bond motifs is 2. The number of rotatable bonds is 7. The van der Waals surface area contributed by atoms with Crippen molar-refractivity contribution in [1.29, 1.82) is 0 Å². The highest BCUT2D eigenvalue weighted by atomic mass is 16.7. The first-order chi connectivity index (χ1) is 16.1. The molecule has 2 aliphatic heterocycles. The second-order valence-corrected chi connectivity index (χ2v) is 8.84. The SMILES string of the molecule is CCC1Cc2cc(OCc3ccccc3)c(OC)cc2C(Cc2cc3c(cc2C)OCO3)N1. The van der Waals surface area contributed by atoms with E-state index in [0.717, 1.165) is 47.8 Å². The monoisotopic (exact) mass is 445 g/mol. The zero-order valence-electron chi connectivity index (χ0n) is 19.5. The largest absolute Gasteiger partial charge is 0.493 e. The van der Waals surface area contributed by atoms with Gasteiger partial charge in [-0.25, -0.2) is 0 Å². The molecule has 5 rings (SSSR count). The third kappa shape index (κ3) is 4.51. The summed E-state index contributed by atoms with van der Waals surface area (Å²) >= 11 is 0. The van der Waals surface area contributed by atoms with Crippen LogP contribution >= 0.6 is 0 Å². The van der Waals surface area contributed by atoms with Crippen molar-refractivity contribution < 1.29 is 18.9 Å². The van der Waals surface area contributed by atoms with Crippen LogP contribution in [-0.2, 0) is 19.4 Å². The summed E-state index contributed by atoms with van der Waals surface area (Å²) in [6, 6.07) is 19.4. The van der Waals surface area contributed by atoms with Crippen LogP contribution in [-0.4, -0.2) is 19.9 Å². The van der Waals surface area contributed by atoms with Gasteiger partial charge in [0, 0.05) is 12.1 Å². The van der Waals surface area contributed by atoms with E-state index in [0.29, 0.717) is 19.4 Å². The summed E-state index contributed by atoms with van der Waals surface area (Å²) in [7, 11) is 1.71. The fraction of sp³-hybridized carbons (Fsp3) is 0.357. The lowest BCUT2D eigenvalue weighted by Gasteiger charge is -2.34. The van der Waals surface area contributed by atoms with Crippen molar-refractivity contribution in [3.63, 3.8) is 0 Å². The van der Waals surface area contributed by atoms with E-state index in [1.165, 1.54) is 22.3 Å². The Morgan fingerprint density at radius 3 is 2.55 bits per heavy atom. The number of hydrogen-bond acceptors (Lipinski definition) is 5. The molecule has 3 aromatic rings. The third-order valence-corrected chi connectivity index (χ3v) is 6.69. The van der Waals surface area contributed by atoms with Crippen LogP contribution in [0.1, 0.15) is 47.2 Å². The number of nitrogens with one attached hydrogen (secondary N) is 1. The summed E-state index contributed by atoms with van der Waals surface area (Å²) in [6.07, 6.45) is 2.93. The Bertz CT molecular complexity index is 1130. The van der Waals surface area contributed by atoms with Gasteiger partial charge in [0.05, 0.1) is 7.11 Å². The molecule has 0 amide bonds. The van der Waals surface area contributed by atoms with Gasteiger partial charge in [0.15, 0.2) is 23.0 Å². The molecule has 0 saturated heterocycles. The van der Waals surface area contributed by atoms with Crippen molar-refractivity contribution in [1.82, 2.24) is 5.32 Å². The average molecular weight is 446 g/mol. The first kappa shape index (κ1) is 21.7. The number of hydrogen-bond donors (Lipinski definition) is 1. The van der Waals surface area contributed by atoms with Gasteiger partial charge in [-0.2, -0.15) is 0 Å². The fourth-order valence-corrected chi connectivity index (χ4v) is 4.78. The lowest BCUT2D eigenvalue weighted by Crippen LogP contribution is -2.40. The van der Waals surface area contributed by atoms with Crippen LogP contribution in [0, 0.1) is 6.92 Å². The van der Waals surface area contributed by atoms with Crippen LogP contribution in [0.4, 0.5) is 0 Å².